The normalized spacial score (nSPS) is 11.5. The first-order chi connectivity index (χ1) is 14.8. The van der Waals surface area contributed by atoms with Gasteiger partial charge in [-0.05, 0) is 43.3 Å². The lowest BCUT2D eigenvalue weighted by Gasteiger charge is -2.00. The third-order valence-corrected chi connectivity index (χ3v) is 6.04. The van der Waals surface area contributed by atoms with Gasteiger partial charge in [-0.25, -0.2) is 9.97 Å². The third-order valence-electron chi connectivity index (χ3n) is 5.01. The van der Waals surface area contributed by atoms with Gasteiger partial charge in [-0.15, -0.1) is 11.3 Å². The van der Waals surface area contributed by atoms with Crippen LogP contribution in [0.3, 0.4) is 0 Å². The van der Waals surface area contributed by atoms with Crippen molar-refractivity contribution < 1.29 is 0 Å². The van der Waals surface area contributed by atoms with Gasteiger partial charge in [0.15, 0.2) is 11.5 Å². The molecule has 144 valence electrons. The van der Waals surface area contributed by atoms with Gasteiger partial charge in [-0.3, -0.25) is 15.1 Å². The van der Waals surface area contributed by atoms with Gasteiger partial charge in [0.05, 0.1) is 22.9 Å². The van der Waals surface area contributed by atoms with Crippen LogP contribution in [0.5, 0.6) is 0 Å². The van der Waals surface area contributed by atoms with Crippen LogP contribution >= 0.6 is 11.3 Å². The second-order valence-corrected chi connectivity index (χ2v) is 8.27. The lowest BCUT2D eigenvalue weighted by molar-refractivity contribution is 1.10. The van der Waals surface area contributed by atoms with Crippen molar-refractivity contribution in [3.05, 3.63) is 66.1 Å². The number of aromatic nitrogens is 7. The molecule has 0 atom stereocenters. The molecule has 0 saturated carbocycles. The predicted octanol–water partition coefficient (Wildman–Crippen LogP) is 5.00. The summed E-state index contributed by atoms with van der Waals surface area (Å²) >= 11 is 1.73. The molecule has 7 nitrogen and oxygen atoms in total. The molecule has 2 N–H and O–H groups in total. The lowest BCUT2D eigenvalue weighted by atomic mass is 10.1. The number of hydrogen-bond donors (Lipinski definition) is 2. The van der Waals surface area contributed by atoms with E-state index < -0.39 is 0 Å². The van der Waals surface area contributed by atoms with E-state index in [0.717, 1.165) is 43.8 Å². The van der Waals surface area contributed by atoms with Gasteiger partial charge in [0.2, 0.25) is 0 Å². The number of pyridine rings is 3. The smallest absolute Gasteiger partial charge is 0.161 e. The van der Waals surface area contributed by atoms with E-state index in [0.29, 0.717) is 11.5 Å². The van der Waals surface area contributed by atoms with Crippen molar-refractivity contribution in [2.24, 2.45) is 0 Å². The second-order valence-electron chi connectivity index (χ2n) is 6.98. The number of aromatic amines is 2. The van der Waals surface area contributed by atoms with E-state index in [1.54, 1.807) is 29.9 Å². The fourth-order valence-electron chi connectivity index (χ4n) is 3.55. The summed E-state index contributed by atoms with van der Waals surface area (Å²) in [6.45, 7) is 2.10. The fourth-order valence-corrected chi connectivity index (χ4v) is 4.43. The molecular weight excluding hydrogens is 394 g/mol. The third kappa shape index (κ3) is 2.69. The van der Waals surface area contributed by atoms with Crippen molar-refractivity contribution in [1.29, 1.82) is 0 Å². The van der Waals surface area contributed by atoms with Gasteiger partial charge in [0.1, 0.15) is 11.0 Å². The van der Waals surface area contributed by atoms with Crippen molar-refractivity contribution in [3.8, 4) is 33.2 Å². The molecule has 30 heavy (non-hydrogen) atoms. The van der Waals surface area contributed by atoms with Crippen LogP contribution < -0.4 is 0 Å². The summed E-state index contributed by atoms with van der Waals surface area (Å²) < 4.78 is 0. The predicted molar refractivity (Wildman–Crippen MR) is 118 cm³/mol. The molecule has 0 aliphatic carbocycles. The summed E-state index contributed by atoms with van der Waals surface area (Å²) in [5.74, 6) is 0.665. The van der Waals surface area contributed by atoms with Gasteiger partial charge in [0, 0.05) is 39.5 Å². The number of nitrogens with one attached hydrogen (secondary N) is 2. The molecule has 0 aliphatic rings. The van der Waals surface area contributed by atoms with Crippen LogP contribution in [0.2, 0.25) is 0 Å². The van der Waals surface area contributed by atoms with E-state index in [-0.39, 0.29) is 0 Å². The molecule has 8 heteroatoms. The molecule has 6 heterocycles. The van der Waals surface area contributed by atoms with Crippen molar-refractivity contribution in [3.63, 3.8) is 0 Å². The molecule has 0 aliphatic heterocycles. The van der Waals surface area contributed by atoms with Crippen LogP contribution in [0.25, 0.3) is 55.3 Å². The Labute approximate surface area is 174 Å². The van der Waals surface area contributed by atoms with Crippen molar-refractivity contribution in [2.45, 2.75) is 6.92 Å². The maximum atomic E-state index is 4.87. The molecule has 0 bridgehead atoms. The van der Waals surface area contributed by atoms with Crippen LogP contribution in [0.15, 0.2) is 61.2 Å². The maximum Gasteiger partial charge on any atom is 0.161 e. The van der Waals surface area contributed by atoms with Crippen LogP contribution in [-0.4, -0.2) is 35.1 Å². The number of nitrogens with zero attached hydrogens (tertiary/aromatic N) is 5. The molecule has 0 aromatic carbocycles. The Morgan fingerprint density at radius 3 is 2.57 bits per heavy atom. The number of aryl methyl sites for hydroxylation is 1. The average molecular weight is 409 g/mol. The first kappa shape index (κ1) is 17.0. The number of hydrogen-bond acceptors (Lipinski definition) is 6. The molecule has 0 saturated heterocycles. The number of fused-ring (bicyclic) bond motifs is 2. The monoisotopic (exact) mass is 409 g/mol. The number of imidazole rings is 1. The summed E-state index contributed by atoms with van der Waals surface area (Å²) in [5, 5.41) is 7.55. The molecule has 0 spiro atoms. The van der Waals surface area contributed by atoms with Gasteiger partial charge in [-0.2, -0.15) is 5.10 Å². The highest BCUT2D eigenvalue weighted by molar-refractivity contribution is 7.15. The number of rotatable bonds is 3. The Balaban J connectivity index is 1.52. The Morgan fingerprint density at radius 1 is 0.833 bits per heavy atom. The SMILES string of the molecule is Cc1ccc(-c2cncc3[nH]c(-c4n[nH]c5ccc(-c6ccncc6)nc45)nc23)s1. The molecule has 6 aromatic rings. The average Bonchev–Trinajstić information content (AvgIpc) is 3.51. The standard InChI is InChI=1S/C22H15N7S/c1-12-2-5-18(30-12)14-10-24-11-17-19(14)27-22(26-17)21-20-16(28-29-21)4-3-15(25-20)13-6-8-23-9-7-13/h2-11H,1H3,(H,26,27)(H,28,29). The lowest BCUT2D eigenvalue weighted by Crippen LogP contribution is -1.87. The van der Waals surface area contributed by atoms with E-state index in [4.69, 9.17) is 9.97 Å². The quantitative estimate of drug-likeness (QED) is 0.429. The van der Waals surface area contributed by atoms with Gasteiger partial charge in [-0.1, -0.05) is 0 Å². The minimum atomic E-state index is 0.665. The molecule has 6 aromatic heterocycles. The Kier molecular flexibility index (Phi) is 3.72. The molecule has 0 fully saturated rings. The van der Waals surface area contributed by atoms with Crippen LogP contribution in [0.4, 0.5) is 0 Å². The molecule has 0 unspecified atom stereocenters. The molecule has 6 rings (SSSR count). The van der Waals surface area contributed by atoms with Gasteiger partial charge < -0.3 is 4.98 Å². The van der Waals surface area contributed by atoms with Crippen molar-refractivity contribution in [2.75, 3.05) is 0 Å². The van der Waals surface area contributed by atoms with Crippen molar-refractivity contribution >= 4 is 33.4 Å². The van der Waals surface area contributed by atoms with E-state index >= 15 is 0 Å². The zero-order chi connectivity index (χ0) is 20.1. The van der Waals surface area contributed by atoms with E-state index in [2.05, 4.69) is 44.2 Å². The van der Waals surface area contributed by atoms with Gasteiger partial charge >= 0.3 is 0 Å². The fraction of sp³-hybridized carbons (Fsp3) is 0.0455. The van der Waals surface area contributed by atoms with Crippen LogP contribution in [-0.2, 0) is 0 Å². The molecule has 0 amide bonds. The summed E-state index contributed by atoms with van der Waals surface area (Å²) in [6.07, 6.45) is 7.18. The Hall–Kier alpha value is -3.91. The summed E-state index contributed by atoms with van der Waals surface area (Å²) in [7, 11) is 0. The molecular formula is C22H15N7S. The highest BCUT2D eigenvalue weighted by Crippen LogP contribution is 2.34. The largest absolute Gasteiger partial charge is 0.335 e. The Bertz CT molecular complexity index is 1510. The van der Waals surface area contributed by atoms with E-state index in [1.807, 2.05) is 30.5 Å². The minimum absolute atomic E-state index is 0.665. The zero-order valence-electron chi connectivity index (χ0n) is 15.9. The Morgan fingerprint density at radius 2 is 1.73 bits per heavy atom. The summed E-state index contributed by atoms with van der Waals surface area (Å²) in [4.78, 5) is 24.0. The number of thiophene rings is 1. The number of H-pyrrole nitrogens is 2. The first-order valence-corrected chi connectivity index (χ1v) is 10.2. The van der Waals surface area contributed by atoms with Crippen molar-refractivity contribution in [1.82, 2.24) is 35.1 Å². The summed E-state index contributed by atoms with van der Waals surface area (Å²) in [6, 6.07) is 12.1. The second kappa shape index (κ2) is 6.57. The highest BCUT2D eigenvalue weighted by Gasteiger charge is 2.17. The van der Waals surface area contributed by atoms with E-state index in [9.17, 15) is 0 Å². The van der Waals surface area contributed by atoms with Gasteiger partial charge in [0.25, 0.3) is 0 Å². The van der Waals surface area contributed by atoms with Crippen LogP contribution in [0.1, 0.15) is 4.88 Å². The maximum absolute atomic E-state index is 4.87. The zero-order valence-corrected chi connectivity index (χ0v) is 16.7. The van der Waals surface area contributed by atoms with E-state index in [1.165, 1.54) is 4.88 Å². The molecule has 0 radical (unpaired) electrons. The minimum Gasteiger partial charge on any atom is -0.335 e. The van der Waals surface area contributed by atoms with Crippen LogP contribution in [0, 0.1) is 6.92 Å². The highest BCUT2D eigenvalue weighted by atomic mass is 32.1. The topological polar surface area (TPSA) is 96.0 Å². The summed E-state index contributed by atoms with van der Waals surface area (Å²) in [5.41, 5.74) is 6.94. The first-order valence-electron chi connectivity index (χ1n) is 9.43.